The average Bonchev–Trinajstić information content (AvgIpc) is 2.77. The molecule has 28 heavy (non-hydrogen) atoms. The molecule has 0 atom stereocenters. The third-order valence-corrected chi connectivity index (χ3v) is 4.06. The largest absolute Gasteiger partial charge is 0.396 e. The van der Waals surface area contributed by atoms with Crippen LogP contribution in [0.15, 0.2) is 0 Å². The predicted molar refractivity (Wildman–Crippen MR) is 93.8 cm³/mol. The minimum Gasteiger partial charge on any atom is -0.396 e. The van der Waals surface area contributed by atoms with Crippen LogP contribution in [0.1, 0.15) is 0 Å². The molecule has 0 spiro atoms. The van der Waals surface area contributed by atoms with E-state index in [0.717, 1.165) is 0 Å². The standard InChI is InChI=1S/C5H12O5.2C5H12O4/c6-1-5(2-7,3-8)4-10-9;2*6-1-5(2-7,3-8)4-9/h6-9H,1-4H2;2*6-9H,1-4H2. The first-order valence-corrected chi connectivity index (χ1v) is 8.19. The fourth-order valence-electron chi connectivity index (χ4n) is 1.02. The molecule has 12 N–H and O–H groups in total. The first-order chi connectivity index (χ1) is 13.2. The van der Waals surface area contributed by atoms with Crippen molar-refractivity contribution in [3.63, 3.8) is 0 Å². The molecule has 0 unspecified atom stereocenters. The van der Waals surface area contributed by atoms with E-state index < -0.39 is 88.9 Å². The molecule has 0 saturated carbocycles. The zero-order chi connectivity index (χ0) is 22.7. The SMILES string of the molecule is OCC(CO)(CO)CO.OCC(CO)(CO)CO.OCC(CO)(CO)COO. The van der Waals surface area contributed by atoms with Gasteiger partial charge < -0.3 is 56.2 Å². The van der Waals surface area contributed by atoms with Crippen molar-refractivity contribution in [3.8, 4) is 0 Å². The molecule has 174 valence electrons. The van der Waals surface area contributed by atoms with Gasteiger partial charge in [-0.25, -0.2) is 4.89 Å². The molecule has 0 aliphatic heterocycles. The summed E-state index contributed by atoms with van der Waals surface area (Å²) < 4.78 is 0. The number of hydrogen-bond acceptors (Lipinski definition) is 13. The molecule has 13 heteroatoms. The highest BCUT2D eigenvalue weighted by molar-refractivity contribution is 4.76. The van der Waals surface area contributed by atoms with Gasteiger partial charge in [-0.1, -0.05) is 0 Å². The highest BCUT2D eigenvalue weighted by Gasteiger charge is 2.29. The molecule has 13 nitrogen and oxygen atoms in total. The zero-order valence-corrected chi connectivity index (χ0v) is 15.8. The number of hydrogen-bond donors (Lipinski definition) is 12. The van der Waals surface area contributed by atoms with Crippen molar-refractivity contribution in [3.05, 3.63) is 0 Å². The Hall–Kier alpha value is -0.520. The number of rotatable bonds is 13. The van der Waals surface area contributed by atoms with Crippen LogP contribution in [-0.2, 0) is 4.89 Å². The zero-order valence-electron chi connectivity index (χ0n) is 15.8. The van der Waals surface area contributed by atoms with Gasteiger partial charge in [-0.2, -0.15) is 0 Å². The van der Waals surface area contributed by atoms with E-state index >= 15 is 0 Å². The van der Waals surface area contributed by atoms with Crippen molar-refractivity contribution < 1.29 is 66.3 Å². The van der Waals surface area contributed by atoms with Crippen LogP contribution in [-0.4, -0.2) is 141 Å². The summed E-state index contributed by atoms with van der Waals surface area (Å²) in [6.45, 7) is -4.82. The van der Waals surface area contributed by atoms with Crippen LogP contribution >= 0.6 is 0 Å². The first-order valence-electron chi connectivity index (χ1n) is 8.19. The lowest BCUT2D eigenvalue weighted by atomic mass is 9.93. The second-order valence-corrected chi connectivity index (χ2v) is 6.51. The fourth-order valence-corrected chi connectivity index (χ4v) is 1.02. The second kappa shape index (κ2) is 18.5. The lowest BCUT2D eigenvalue weighted by molar-refractivity contribution is -0.272. The summed E-state index contributed by atoms with van der Waals surface area (Å²) in [6.07, 6.45) is 0. The minimum absolute atomic E-state index is 0.281. The van der Waals surface area contributed by atoms with Gasteiger partial charge in [0.05, 0.1) is 95.5 Å². The Labute approximate surface area is 162 Å². The monoisotopic (exact) mass is 424 g/mol. The Morgan fingerprint density at radius 3 is 0.571 bits per heavy atom. The number of aliphatic hydroxyl groups excluding tert-OH is 11. The number of aliphatic hydroxyl groups is 11. The summed E-state index contributed by atoms with van der Waals surface area (Å²) in [5.74, 6) is 0. The third kappa shape index (κ3) is 11.5. The molecule has 0 aromatic rings. The Morgan fingerprint density at radius 2 is 0.536 bits per heavy atom. The maximum Gasteiger partial charge on any atom is 0.0942 e. The molecular formula is C15H36O13. The summed E-state index contributed by atoms with van der Waals surface area (Å²) in [7, 11) is 0. The lowest BCUT2D eigenvalue weighted by Gasteiger charge is -2.24. The van der Waals surface area contributed by atoms with Gasteiger partial charge >= 0.3 is 0 Å². The second-order valence-electron chi connectivity index (χ2n) is 6.51. The van der Waals surface area contributed by atoms with Gasteiger partial charge in [-0.15, -0.1) is 0 Å². The van der Waals surface area contributed by atoms with Gasteiger partial charge in [0.15, 0.2) is 0 Å². The van der Waals surface area contributed by atoms with Crippen LogP contribution in [0.25, 0.3) is 0 Å². The summed E-state index contributed by atoms with van der Waals surface area (Å²) in [5.41, 5.74) is -3.35. The fraction of sp³-hybridized carbons (Fsp3) is 1.00. The van der Waals surface area contributed by atoms with Crippen LogP contribution in [0.4, 0.5) is 0 Å². The van der Waals surface area contributed by atoms with Gasteiger partial charge in [-0.05, 0) is 0 Å². The van der Waals surface area contributed by atoms with Crippen molar-refractivity contribution in [2.24, 2.45) is 16.2 Å². The summed E-state index contributed by atoms with van der Waals surface area (Å²) >= 11 is 0. The van der Waals surface area contributed by atoms with Crippen molar-refractivity contribution in [1.82, 2.24) is 0 Å². The van der Waals surface area contributed by atoms with Crippen LogP contribution < -0.4 is 0 Å². The quantitative estimate of drug-likeness (QED) is 0.0973. The van der Waals surface area contributed by atoms with Gasteiger partial charge in [0.1, 0.15) is 0 Å². The molecule has 0 saturated heterocycles. The van der Waals surface area contributed by atoms with E-state index in [-0.39, 0.29) is 6.61 Å². The van der Waals surface area contributed by atoms with Crippen molar-refractivity contribution in [2.75, 3.05) is 79.3 Å². The van der Waals surface area contributed by atoms with E-state index in [1.807, 2.05) is 0 Å². The maximum absolute atomic E-state index is 8.60. The summed E-state index contributed by atoms with van der Waals surface area (Å²) in [5, 5.41) is 102. The topological polar surface area (TPSA) is 252 Å². The lowest BCUT2D eigenvalue weighted by Crippen LogP contribution is -2.38. The molecule has 0 radical (unpaired) electrons. The molecule has 0 aliphatic rings. The molecule has 0 aromatic heterocycles. The third-order valence-electron chi connectivity index (χ3n) is 4.06. The molecule has 0 amide bonds. The molecule has 0 rings (SSSR count). The Morgan fingerprint density at radius 1 is 0.357 bits per heavy atom. The summed E-state index contributed by atoms with van der Waals surface area (Å²) in [6, 6.07) is 0. The van der Waals surface area contributed by atoms with E-state index in [9.17, 15) is 0 Å². The van der Waals surface area contributed by atoms with Crippen LogP contribution in [0.2, 0.25) is 0 Å². The van der Waals surface area contributed by atoms with Crippen molar-refractivity contribution in [1.29, 1.82) is 0 Å². The Balaban J connectivity index is -0.000000336. The molecule has 0 aromatic carbocycles. The normalized spacial score (nSPS) is 12.0. The van der Waals surface area contributed by atoms with E-state index in [1.54, 1.807) is 0 Å². The highest BCUT2D eigenvalue weighted by atomic mass is 17.1. The molecule has 0 heterocycles. The van der Waals surface area contributed by atoms with Crippen LogP contribution in [0.5, 0.6) is 0 Å². The van der Waals surface area contributed by atoms with E-state index in [2.05, 4.69) is 4.89 Å². The van der Waals surface area contributed by atoms with Crippen molar-refractivity contribution in [2.45, 2.75) is 0 Å². The summed E-state index contributed by atoms with van der Waals surface area (Å²) in [4.78, 5) is 3.70. The Kier molecular flexibility index (Phi) is 21.2. The van der Waals surface area contributed by atoms with Gasteiger partial charge in [-0.3, -0.25) is 5.26 Å². The first kappa shape index (κ1) is 32.2. The maximum atomic E-state index is 8.60. The van der Waals surface area contributed by atoms with Crippen LogP contribution in [0, 0.1) is 16.2 Å². The van der Waals surface area contributed by atoms with Crippen molar-refractivity contribution >= 4 is 0 Å². The van der Waals surface area contributed by atoms with E-state index in [1.165, 1.54) is 0 Å². The molecule has 0 aliphatic carbocycles. The molecule has 0 bridgehead atoms. The predicted octanol–water partition coefficient (Wildman–Crippen LogP) is -5.68. The Bertz CT molecular complexity index is 254. The van der Waals surface area contributed by atoms with E-state index in [0.29, 0.717) is 0 Å². The van der Waals surface area contributed by atoms with E-state index in [4.69, 9.17) is 61.4 Å². The van der Waals surface area contributed by atoms with Gasteiger partial charge in [0.25, 0.3) is 0 Å². The molecular weight excluding hydrogens is 388 g/mol. The molecule has 0 fully saturated rings. The minimum atomic E-state index is -1.13. The van der Waals surface area contributed by atoms with Gasteiger partial charge in [0.2, 0.25) is 0 Å². The van der Waals surface area contributed by atoms with Crippen LogP contribution in [0.3, 0.4) is 0 Å². The smallest absolute Gasteiger partial charge is 0.0942 e. The highest BCUT2D eigenvalue weighted by Crippen LogP contribution is 2.14. The van der Waals surface area contributed by atoms with Gasteiger partial charge in [0, 0.05) is 0 Å². The average molecular weight is 424 g/mol.